The van der Waals surface area contributed by atoms with Gasteiger partial charge in [-0.3, -0.25) is 4.79 Å². The summed E-state index contributed by atoms with van der Waals surface area (Å²) in [4.78, 5) is 12.1. The molecule has 0 unspecified atom stereocenters. The number of hydrogen-bond donors (Lipinski definition) is 1. The fraction of sp³-hybridized carbons (Fsp3) is 0.278. The number of halogens is 1. The minimum atomic E-state index is -0.589. The molecule has 1 N–H and O–H groups in total. The maximum Gasteiger partial charge on any atom is 0.261 e. The summed E-state index contributed by atoms with van der Waals surface area (Å²) in [5.41, 5.74) is 1.91. The number of nitrogens with one attached hydrogen (secondary N) is 1. The molecular weight excluding hydrogens is 314 g/mol. The molecule has 0 heterocycles. The van der Waals surface area contributed by atoms with Crippen LogP contribution >= 0.6 is 11.6 Å². The van der Waals surface area contributed by atoms with Crippen LogP contribution in [0.3, 0.4) is 0 Å². The zero-order valence-electron chi connectivity index (χ0n) is 13.4. The van der Waals surface area contributed by atoms with Gasteiger partial charge in [-0.2, -0.15) is 0 Å². The van der Waals surface area contributed by atoms with Crippen LogP contribution in [-0.4, -0.2) is 19.1 Å². The Morgan fingerprint density at radius 3 is 2.43 bits per heavy atom. The van der Waals surface area contributed by atoms with E-state index >= 15 is 0 Å². The van der Waals surface area contributed by atoms with E-state index in [0.29, 0.717) is 17.3 Å². The molecule has 122 valence electrons. The van der Waals surface area contributed by atoms with Crippen molar-refractivity contribution >= 4 is 17.5 Å². The van der Waals surface area contributed by atoms with Crippen molar-refractivity contribution in [2.75, 3.05) is 7.11 Å². The average molecular weight is 334 g/mol. The third-order valence-corrected chi connectivity index (χ3v) is 3.86. The molecule has 2 rings (SSSR count). The molecule has 0 bridgehead atoms. The van der Waals surface area contributed by atoms with E-state index < -0.39 is 6.10 Å². The number of rotatable bonds is 6. The number of benzene rings is 2. The minimum Gasteiger partial charge on any atom is -0.497 e. The maximum absolute atomic E-state index is 12.1. The van der Waals surface area contributed by atoms with Gasteiger partial charge >= 0.3 is 0 Å². The summed E-state index contributed by atoms with van der Waals surface area (Å²) in [7, 11) is 1.62. The first-order valence-electron chi connectivity index (χ1n) is 7.33. The number of carbonyl (C=O) groups is 1. The summed E-state index contributed by atoms with van der Waals surface area (Å²) in [6, 6.07) is 12.9. The van der Waals surface area contributed by atoms with E-state index in [9.17, 15) is 4.79 Å². The Kier molecular flexibility index (Phi) is 5.88. The third kappa shape index (κ3) is 4.89. The smallest absolute Gasteiger partial charge is 0.261 e. The van der Waals surface area contributed by atoms with Gasteiger partial charge in [0.15, 0.2) is 6.10 Å². The van der Waals surface area contributed by atoms with Gasteiger partial charge in [-0.25, -0.2) is 0 Å². The molecule has 0 aliphatic rings. The van der Waals surface area contributed by atoms with Crippen LogP contribution < -0.4 is 14.8 Å². The van der Waals surface area contributed by atoms with Gasteiger partial charge in [-0.05, 0) is 55.3 Å². The Hall–Kier alpha value is -2.20. The Labute approximate surface area is 141 Å². The molecule has 4 nitrogen and oxygen atoms in total. The second kappa shape index (κ2) is 7.88. The van der Waals surface area contributed by atoms with Crippen molar-refractivity contribution in [1.82, 2.24) is 5.32 Å². The van der Waals surface area contributed by atoms with Crippen LogP contribution in [0.5, 0.6) is 11.5 Å². The monoisotopic (exact) mass is 333 g/mol. The van der Waals surface area contributed by atoms with Crippen molar-refractivity contribution in [2.24, 2.45) is 0 Å². The Morgan fingerprint density at radius 2 is 1.83 bits per heavy atom. The highest BCUT2D eigenvalue weighted by molar-refractivity contribution is 6.31. The first kappa shape index (κ1) is 17.2. The molecule has 2 aromatic rings. The highest BCUT2D eigenvalue weighted by Crippen LogP contribution is 2.21. The highest BCUT2D eigenvalue weighted by atomic mass is 35.5. The highest BCUT2D eigenvalue weighted by Gasteiger charge is 2.14. The number of hydrogen-bond acceptors (Lipinski definition) is 3. The number of aryl methyl sites for hydroxylation is 1. The summed E-state index contributed by atoms with van der Waals surface area (Å²) < 4.78 is 10.7. The Bertz CT molecular complexity index is 670. The van der Waals surface area contributed by atoms with Crippen molar-refractivity contribution in [3.05, 3.63) is 58.6 Å². The van der Waals surface area contributed by atoms with E-state index in [-0.39, 0.29) is 5.91 Å². The van der Waals surface area contributed by atoms with Crippen LogP contribution in [0, 0.1) is 6.92 Å². The normalized spacial score (nSPS) is 11.7. The predicted molar refractivity (Wildman–Crippen MR) is 91.1 cm³/mol. The molecule has 1 amide bonds. The fourth-order valence-electron chi connectivity index (χ4n) is 2.02. The van der Waals surface area contributed by atoms with E-state index in [2.05, 4.69) is 5.32 Å². The predicted octanol–water partition coefficient (Wildman–Crippen LogP) is 3.74. The second-order valence-electron chi connectivity index (χ2n) is 5.24. The number of ether oxygens (including phenoxy) is 2. The van der Waals surface area contributed by atoms with Crippen molar-refractivity contribution < 1.29 is 14.3 Å². The van der Waals surface area contributed by atoms with Crippen LogP contribution in [0.2, 0.25) is 5.02 Å². The number of carbonyl (C=O) groups excluding carboxylic acids is 1. The topological polar surface area (TPSA) is 47.6 Å². The van der Waals surface area contributed by atoms with Gasteiger partial charge < -0.3 is 14.8 Å². The summed E-state index contributed by atoms with van der Waals surface area (Å²) >= 11 is 5.98. The van der Waals surface area contributed by atoms with Crippen molar-refractivity contribution in [3.8, 4) is 11.5 Å². The summed E-state index contributed by atoms with van der Waals surface area (Å²) in [5.74, 6) is 1.24. The van der Waals surface area contributed by atoms with Crippen molar-refractivity contribution in [3.63, 3.8) is 0 Å². The van der Waals surface area contributed by atoms with E-state index in [1.165, 1.54) is 0 Å². The van der Waals surface area contributed by atoms with Gasteiger partial charge in [0.1, 0.15) is 11.5 Å². The van der Waals surface area contributed by atoms with E-state index in [4.69, 9.17) is 21.1 Å². The Balaban J connectivity index is 1.87. The first-order valence-corrected chi connectivity index (χ1v) is 7.71. The zero-order valence-corrected chi connectivity index (χ0v) is 14.2. The molecule has 5 heteroatoms. The quantitative estimate of drug-likeness (QED) is 0.876. The van der Waals surface area contributed by atoms with Crippen LogP contribution in [0.4, 0.5) is 0 Å². The SMILES string of the molecule is COc1ccc(CNC(=O)[C@H](C)Oc2ccc(Cl)c(C)c2)cc1. The van der Waals surface area contributed by atoms with E-state index in [0.717, 1.165) is 16.9 Å². The molecule has 23 heavy (non-hydrogen) atoms. The third-order valence-electron chi connectivity index (χ3n) is 3.44. The van der Waals surface area contributed by atoms with E-state index in [1.54, 1.807) is 26.2 Å². The average Bonchev–Trinajstić information content (AvgIpc) is 2.56. The van der Waals surface area contributed by atoms with Crippen LogP contribution in [0.15, 0.2) is 42.5 Å². The lowest BCUT2D eigenvalue weighted by Crippen LogP contribution is -2.35. The molecule has 1 atom stereocenters. The van der Waals surface area contributed by atoms with Crippen molar-refractivity contribution in [1.29, 1.82) is 0 Å². The number of amides is 1. The molecular formula is C18H20ClNO3. The molecule has 0 aliphatic heterocycles. The first-order chi connectivity index (χ1) is 11.0. The molecule has 0 spiro atoms. The van der Waals surface area contributed by atoms with Gasteiger partial charge in [0, 0.05) is 11.6 Å². The largest absolute Gasteiger partial charge is 0.497 e. The van der Waals surface area contributed by atoms with Crippen LogP contribution in [0.1, 0.15) is 18.1 Å². The second-order valence-corrected chi connectivity index (χ2v) is 5.64. The standard InChI is InChI=1S/C18H20ClNO3/c1-12-10-16(8-9-17(12)19)23-13(2)18(21)20-11-14-4-6-15(22-3)7-5-14/h4-10,13H,11H2,1-3H3,(H,20,21)/t13-/m0/s1. The number of methoxy groups -OCH3 is 1. The van der Waals surface area contributed by atoms with Gasteiger partial charge in [-0.15, -0.1) is 0 Å². The molecule has 0 aliphatic carbocycles. The Morgan fingerprint density at radius 1 is 1.17 bits per heavy atom. The van der Waals surface area contributed by atoms with Gasteiger partial charge in [0.05, 0.1) is 7.11 Å². The van der Waals surface area contributed by atoms with Gasteiger partial charge in [0.2, 0.25) is 0 Å². The van der Waals surface area contributed by atoms with Gasteiger partial charge in [0.25, 0.3) is 5.91 Å². The zero-order chi connectivity index (χ0) is 16.8. The van der Waals surface area contributed by atoms with E-state index in [1.807, 2.05) is 37.3 Å². The fourth-order valence-corrected chi connectivity index (χ4v) is 2.14. The van der Waals surface area contributed by atoms with Crippen LogP contribution in [-0.2, 0) is 11.3 Å². The summed E-state index contributed by atoms with van der Waals surface area (Å²) in [6.45, 7) is 4.05. The lowest BCUT2D eigenvalue weighted by Gasteiger charge is -2.15. The maximum atomic E-state index is 12.1. The lowest BCUT2D eigenvalue weighted by molar-refractivity contribution is -0.127. The summed E-state index contributed by atoms with van der Waals surface area (Å²) in [6.07, 6.45) is -0.589. The molecule has 2 aromatic carbocycles. The summed E-state index contributed by atoms with van der Waals surface area (Å²) in [5, 5.41) is 3.53. The molecule has 0 radical (unpaired) electrons. The molecule has 0 saturated carbocycles. The molecule has 0 aromatic heterocycles. The molecule has 0 fully saturated rings. The molecule has 0 saturated heterocycles. The lowest BCUT2D eigenvalue weighted by atomic mass is 10.2. The van der Waals surface area contributed by atoms with Crippen LogP contribution in [0.25, 0.3) is 0 Å². The van der Waals surface area contributed by atoms with Gasteiger partial charge in [-0.1, -0.05) is 23.7 Å². The van der Waals surface area contributed by atoms with Crippen molar-refractivity contribution in [2.45, 2.75) is 26.5 Å². The minimum absolute atomic E-state index is 0.173.